The van der Waals surface area contributed by atoms with Gasteiger partial charge in [-0.05, 0) is 6.42 Å². The lowest BCUT2D eigenvalue weighted by Crippen LogP contribution is -2.29. The zero-order valence-corrected chi connectivity index (χ0v) is 6.73. The van der Waals surface area contributed by atoms with E-state index < -0.39 is 5.97 Å². The Kier molecular flexibility index (Phi) is 4.78. The van der Waals surface area contributed by atoms with Crippen LogP contribution < -0.4 is 17.2 Å². The highest BCUT2D eigenvalue weighted by Gasteiger charge is 2.04. The number of carbonyl (C=O) groups is 1. The number of guanidine groups is 1. The molecule has 0 aliphatic carbocycles. The minimum atomic E-state index is -0.866. The normalized spacial score (nSPS) is 12.1. The molecule has 0 heterocycles. The van der Waals surface area contributed by atoms with Crippen LogP contribution in [-0.4, -0.2) is 29.6 Å². The number of aliphatic carboxylic acids is 1. The van der Waals surface area contributed by atoms with E-state index >= 15 is 0 Å². The second-order valence-corrected chi connectivity index (χ2v) is 2.46. The van der Waals surface area contributed by atoms with Crippen LogP contribution in [0.4, 0.5) is 0 Å². The Morgan fingerprint density at radius 1 is 1.50 bits per heavy atom. The molecule has 12 heavy (non-hydrogen) atoms. The summed E-state index contributed by atoms with van der Waals surface area (Å²) >= 11 is 0. The number of nitrogens with zero attached hydrogens (tertiary/aromatic N) is 1. The van der Waals surface area contributed by atoms with Gasteiger partial charge < -0.3 is 22.3 Å². The average molecular weight is 174 g/mol. The van der Waals surface area contributed by atoms with Crippen molar-refractivity contribution in [2.45, 2.75) is 18.9 Å². The number of hydrogen-bond acceptors (Lipinski definition) is 3. The molecule has 0 amide bonds. The number of nitrogens with two attached hydrogens (primary N) is 3. The molecule has 70 valence electrons. The van der Waals surface area contributed by atoms with Gasteiger partial charge in [0.1, 0.15) is 0 Å². The first-order valence-electron chi connectivity index (χ1n) is 3.55. The number of carboxylic acid groups (broad SMARTS) is 1. The fourth-order valence-corrected chi connectivity index (χ4v) is 0.623. The first kappa shape index (κ1) is 10.7. The van der Waals surface area contributed by atoms with Gasteiger partial charge in [0.2, 0.25) is 0 Å². The SMILES string of the molecule is NC(N)=NCC(N)CCC(=O)O. The first-order chi connectivity index (χ1) is 5.52. The molecule has 0 aromatic carbocycles. The van der Waals surface area contributed by atoms with Crippen molar-refractivity contribution >= 4 is 11.9 Å². The van der Waals surface area contributed by atoms with Crippen LogP contribution in [0.1, 0.15) is 12.8 Å². The number of rotatable bonds is 5. The molecule has 1 unspecified atom stereocenters. The van der Waals surface area contributed by atoms with Gasteiger partial charge in [-0.1, -0.05) is 0 Å². The molecular formula is C6H14N4O2. The van der Waals surface area contributed by atoms with Crippen molar-refractivity contribution in [2.24, 2.45) is 22.2 Å². The van der Waals surface area contributed by atoms with E-state index in [1.165, 1.54) is 0 Å². The van der Waals surface area contributed by atoms with Crippen LogP contribution >= 0.6 is 0 Å². The van der Waals surface area contributed by atoms with Crippen LogP contribution in [0.3, 0.4) is 0 Å². The molecule has 0 bridgehead atoms. The van der Waals surface area contributed by atoms with Gasteiger partial charge in [-0.25, -0.2) is 0 Å². The molecule has 6 heteroatoms. The van der Waals surface area contributed by atoms with Crippen molar-refractivity contribution in [2.75, 3.05) is 6.54 Å². The van der Waals surface area contributed by atoms with Gasteiger partial charge in [-0.3, -0.25) is 9.79 Å². The highest BCUT2D eigenvalue weighted by atomic mass is 16.4. The molecule has 0 fully saturated rings. The summed E-state index contributed by atoms with van der Waals surface area (Å²) in [6.45, 7) is 0.273. The van der Waals surface area contributed by atoms with E-state index in [-0.39, 0.29) is 25.0 Å². The van der Waals surface area contributed by atoms with E-state index in [2.05, 4.69) is 4.99 Å². The molecule has 7 N–H and O–H groups in total. The third kappa shape index (κ3) is 6.81. The molecule has 0 spiro atoms. The summed E-state index contributed by atoms with van der Waals surface area (Å²) in [5, 5.41) is 8.30. The van der Waals surface area contributed by atoms with Crippen LogP contribution in [0.15, 0.2) is 4.99 Å². The van der Waals surface area contributed by atoms with E-state index in [4.69, 9.17) is 22.3 Å². The number of hydrogen-bond donors (Lipinski definition) is 4. The van der Waals surface area contributed by atoms with Gasteiger partial charge in [0.15, 0.2) is 5.96 Å². The number of carboxylic acids is 1. The van der Waals surface area contributed by atoms with Crippen LogP contribution in [0.2, 0.25) is 0 Å². The Labute approximate surface area is 70.4 Å². The lowest BCUT2D eigenvalue weighted by molar-refractivity contribution is -0.137. The maximum absolute atomic E-state index is 10.1. The zero-order valence-electron chi connectivity index (χ0n) is 6.73. The van der Waals surface area contributed by atoms with Crippen LogP contribution in [-0.2, 0) is 4.79 Å². The summed E-state index contributed by atoms with van der Waals surface area (Å²) in [6, 6.07) is -0.289. The smallest absolute Gasteiger partial charge is 0.303 e. The maximum atomic E-state index is 10.1. The summed E-state index contributed by atoms with van der Waals surface area (Å²) in [5.41, 5.74) is 15.6. The van der Waals surface area contributed by atoms with Crippen LogP contribution in [0, 0.1) is 0 Å². The fourth-order valence-electron chi connectivity index (χ4n) is 0.623. The topological polar surface area (TPSA) is 128 Å². The van der Waals surface area contributed by atoms with E-state index in [9.17, 15) is 4.79 Å². The highest BCUT2D eigenvalue weighted by molar-refractivity contribution is 5.75. The maximum Gasteiger partial charge on any atom is 0.303 e. The number of aliphatic imine (C=N–C) groups is 1. The Bertz CT molecular complexity index is 176. The van der Waals surface area contributed by atoms with Gasteiger partial charge in [0, 0.05) is 12.5 Å². The van der Waals surface area contributed by atoms with Gasteiger partial charge in [0.05, 0.1) is 6.54 Å². The molecule has 0 aliphatic rings. The molecule has 0 aromatic heterocycles. The fraction of sp³-hybridized carbons (Fsp3) is 0.667. The minimum absolute atomic E-state index is 0.0271. The van der Waals surface area contributed by atoms with Crippen molar-refractivity contribution in [3.05, 3.63) is 0 Å². The van der Waals surface area contributed by atoms with Gasteiger partial charge in [-0.15, -0.1) is 0 Å². The third-order valence-electron chi connectivity index (χ3n) is 1.24. The standard InChI is InChI=1S/C6H14N4O2/c7-4(1-2-5(11)12)3-10-6(8)9/h4H,1-3,7H2,(H,11,12)(H4,8,9,10). The summed E-state index contributed by atoms with van der Waals surface area (Å²) < 4.78 is 0. The zero-order chi connectivity index (χ0) is 9.56. The van der Waals surface area contributed by atoms with E-state index in [0.29, 0.717) is 6.42 Å². The molecule has 0 radical (unpaired) electrons. The predicted octanol–water partition coefficient (Wildman–Crippen LogP) is -1.55. The Hall–Kier alpha value is -1.30. The lowest BCUT2D eigenvalue weighted by atomic mass is 10.2. The molecule has 6 nitrogen and oxygen atoms in total. The van der Waals surface area contributed by atoms with Gasteiger partial charge in [0.25, 0.3) is 0 Å². The van der Waals surface area contributed by atoms with Crippen LogP contribution in [0.5, 0.6) is 0 Å². The van der Waals surface area contributed by atoms with E-state index in [1.807, 2.05) is 0 Å². The summed E-state index contributed by atoms with van der Waals surface area (Å²) in [6.07, 6.45) is 0.424. The van der Waals surface area contributed by atoms with Crippen molar-refractivity contribution in [3.8, 4) is 0 Å². The Morgan fingerprint density at radius 3 is 2.50 bits per heavy atom. The van der Waals surface area contributed by atoms with E-state index in [0.717, 1.165) is 0 Å². The quantitative estimate of drug-likeness (QED) is 0.296. The largest absolute Gasteiger partial charge is 0.481 e. The molecule has 0 saturated heterocycles. The highest BCUT2D eigenvalue weighted by Crippen LogP contribution is 1.94. The van der Waals surface area contributed by atoms with Crippen molar-refractivity contribution in [1.82, 2.24) is 0 Å². The van der Waals surface area contributed by atoms with Gasteiger partial charge >= 0.3 is 5.97 Å². The van der Waals surface area contributed by atoms with Crippen molar-refractivity contribution in [1.29, 1.82) is 0 Å². The Morgan fingerprint density at radius 2 is 2.08 bits per heavy atom. The Balaban J connectivity index is 3.53. The van der Waals surface area contributed by atoms with Crippen LogP contribution in [0.25, 0.3) is 0 Å². The molecule has 0 saturated carbocycles. The molecular weight excluding hydrogens is 160 g/mol. The second-order valence-electron chi connectivity index (χ2n) is 2.46. The summed E-state index contributed by atoms with van der Waals surface area (Å²) in [7, 11) is 0. The van der Waals surface area contributed by atoms with Gasteiger partial charge in [-0.2, -0.15) is 0 Å². The predicted molar refractivity (Wildman–Crippen MR) is 45.5 cm³/mol. The monoisotopic (exact) mass is 174 g/mol. The summed E-state index contributed by atoms with van der Waals surface area (Å²) in [5.74, 6) is -0.893. The third-order valence-corrected chi connectivity index (χ3v) is 1.24. The molecule has 0 rings (SSSR count). The average Bonchev–Trinajstić information content (AvgIpc) is 1.96. The summed E-state index contributed by atoms with van der Waals surface area (Å²) in [4.78, 5) is 13.8. The minimum Gasteiger partial charge on any atom is -0.481 e. The first-order valence-corrected chi connectivity index (χ1v) is 3.55. The van der Waals surface area contributed by atoms with Crippen molar-refractivity contribution < 1.29 is 9.90 Å². The lowest BCUT2D eigenvalue weighted by Gasteiger charge is -2.05. The van der Waals surface area contributed by atoms with E-state index in [1.54, 1.807) is 0 Å². The second kappa shape index (κ2) is 5.36. The molecule has 0 aromatic rings. The molecule has 1 atom stereocenters. The molecule has 0 aliphatic heterocycles. The van der Waals surface area contributed by atoms with Crippen molar-refractivity contribution in [3.63, 3.8) is 0 Å².